The summed E-state index contributed by atoms with van der Waals surface area (Å²) in [5.74, 6) is -0.291. The monoisotopic (exact) mass is 272 g/mol. The lowest BCUT2D eigenvalue weighted by Gasteiger charge is -2.14. The van der Waals surface area contributed by atoms with E-state index in [1.165, 1.54) is 4.31 Å². The van der Waals surface area contributed by atoms with Gasteiger partial charge in [0.25, 0.3) is 0 Å². The van der Waals surface area contributed by atoms with Gasteiger partial charge in [0.2, 0.25) is 15.8 Å². The van der Waals surface area contributed by atoms with Gasteiger partial charge in [0, 0.05) is 25.4 Å². The predicted octanol–water partition coefficient (Wildman–Crippen LogP) is 0.357. The highest BCUT2D eigenvalue weighted by molar-refractivity contribution is 7.89. The number of anilines is 1. The lowest BCUT2D eigenvalue weighted by Crippen LogP contribution is -2.28. The minimum absolute atomic E-state index is 0.190. The number of nitrogen functional groups attached to an aromatic ring is 1. The van der Waals surface area contributed by atoms with Crippen LogP contribution in [0.25, 0.3) is 0 Å². The molecular weight excluding hydrogens is 260 g/mol. The number of sulfonamides is 1. The van der Waals surface area contributed by atoms with Crippen molar-refractivity contribution in [3.63, 3.8) is 0 Å². The van der Waals surface area contributed by atoms with Crippen molar-refractivity contribution < 1.29 is 13.3 Å². The summed E-state index contributed by atoms with van der Waals surface area (Å²) in [6.07, 6.45) is 2.64. The molecule has 2 heterocycles. The van der Waals surface area contributed by atoms with Gasteiger partial charge in [-0.3, -0.25) is 10.1 Å². The van der Waals surface area contributed by atoms with E-state index < -0.39 is 20.6 Å². The summed E-state index contributed by atoms with van der Waals surface area (Å²) in [5, 5.41) is 10.7. The molecule has 0 atom stereocenters. The molecule has 1 aromatic rings. The molecule has 98 valence electrons. The summed E-state index contributed by atoms with van der Waals surface area (Å²) in [6.45, 7) is 0.862. The van der Waals surface area contributed by atoms with E-state index in [0.717, 1.165) is 25.1 Å². The molecule has 0 saturated carbocycles. The fourth-order valence-corrected chi connectivity index (χ4v) is 3.29. The average molecular weight is 272 g/mol. The number of pyridine rings is 1. The van der Waals surface area contributed by atoms with Crippen LogP contribution in [0, 0.1) is 10.1 Å². The van der Waals surface area contributed by atoms with Crippen molar-refractivity contribution in [2.75, 3.05) is 18.8 Å². The second-order valence-electron chi connectivity index (χ2n) is 3.94. The maximum atomic E-state index is 12.1. The first-order valence-corrected chi connectivity index (χ1v) is 6.77. The minimum Gasteiger partial charge on any atom is -0.378 e. The summed E-state index contributed by atoms with van der Waals surface area (Å²) in [4.78, 5) is 13.3. The largest absolute Gasteiger partial charge is 0.378 e. The molecule has 0 spiro atoms. The number of nitrogens with zero attached hydrogens (tertiary/aromatic N) is 3. The van der Waals surface area contributed by atoms with Crippen molar-refractivity contribution in [2.45, 2.75) is 17.7 Å². The third kappa shape index (κ3) is 2.14. The van der Waals surface area contributed by atoms with Crippen LogP contribution in [0.4, 0.5) is 11.5 Å². The maximum Gasteiger partial charge on any atom is 0.312 e. The molecule has 2 N–H and O–H groups in total. The summed E-state index contributed by atoms with van der Waals surface area (Å²) in [7, 11) is -3.70. The summed E-state index contributed by atoms with van der Waals surface area (Å²) in [5.41, 5.74) is 4.84. The summed E-state index contributed by atoms with van der Waals surface area (Å²) >= 11 is 0. The Morgan fingerprint density at radius 3 is 2.56 bits per heavy atom. The van der Waals surface area contributed by atoms with E-state index in [0.29, 0.717) is 13.1 Å². The molecule has 2 rings (SSSR count). The van der Waals surface area contributed by atoms with Crippen molar-refractivity contribution in [2.24, 2.45) is 0 Å². The van der Waals surface area contributed by atoms with Crippen molar-refractivity contribution >= 4 is 21.5 Å². The molecule has 1 aromatic heterocycles. The number of aromatic nitrogens is 1. The van der Waals surface area contributed by atoms with E-state index in [1.54, 1.807) is 0 Å². The second-order valence-corrected chi connectivity index (χ2v) is 5.88. The van der Waals surface area contributed by atoms with Gasteiger partial charge in [0.15, 0.2) is 0 Å². The van der Waals surface area contributed by atoms with E-state index >= 15 is 0 Å². The molecule has 1 aliphatic rings. The van der Waals surface area contributed by atoms with Gasteiger partial charge in [0.05, 0.1) is 4.92 Å². The van der Waals surface area contributed by atoms with Gasteiger partial charge in [0.1, 0.15) is 4.90 Å². The third-order valence-corrected chi connectivity index (χ3v) is 4.64. The highest BCUT2D eigenvalue weighted by Crippen LogP contribution is 2.26. The van der Waals surface area contributed by atoms with Gasteiger partial charge in [-0.25, -0.2) is 13.4 Å². The van der Waals surface area contributed by atoms with Crippen LogP contribution in [0.1, 0.15) is 12.8 Å². The van der Waals surface area contributed by atoms with Crippen LogP contribution >= 0.6 is 0 Å². The lowest BCUT2D eigenvalue weighted by molar-refractivity contribution is -0.384. The molecule has 0 radical (unpaired) electrons. The van der Waals surface area contributed by atoms with Crippen LogP contribution in [-0.4, -0.2) is 35.7 Å². The molecule has 18 heavy (non-hydrogen) atoms. The molecule has 1 saturated heterocycles. The van der Waals surface area contributed by atoms with E-state index in [9.17, 15) is 18.5 Å². The van der Waals surface area contributed by atoms with Crippen LogP contribution in [0.2, 0.25) is 0 Å². The Kier molecular flexibility index (Phi) is 3.18. The molecule has 0 bridgehead atoms. The van der Waals surface area contributed by atoms with Crippen LogP contribution in [0.5, 0.6) is 0 Å². The van der Waals surface area contributed by atoms with E-state index in [1.807, 2.05) is 0 Å². The minimum atomic E-state index is -3.70. The number of hydrogen-bond acceptors (Lipinski definition) is 6. The van der Waals surface area contributed by atoms with Gasteiger partial charge < -0.3 is 5.73 Å². The zero-order valence-electron chi connectivity index (χ0n) is 9.44. The Bertz CT molecular complexity index is 580. The highest BCUT2D eigenvalue weighted by Gasteiger charge is 2.29. The topological polar surface area (TPSA) is 119 Å². The Morgan fingerprint density at radius 1 is 1.39 bits per heavy atom. The van der Waals surface area contributed by atoms with E-state index in [-0.39, 0.29) is 10.7 Å². The third-order valence-electron chi connectivity index (χ3n) is 2.77. The van der Waals surface area contributed by atoms with Crippen LogP contribution < -0.4 is 5.73 Å². The first-order chi connectivity index (χ1) is 8.43. The fourth-order valence-electron chi connectivity index (χ4n) is 1.81. The van der Waals surface area contributed by atoms with Crippen molar-refractivity contribution in [1.29, 1.82) is 0 Å². The molecular formula is C9H12N4O4S. The second kappa shape index (κ2) is 4.50. The zero-order chi connectivity index (χ0) is 13.3. The number of rotatable bonds is 3. The Balaban J connectivity index is 2.45. The Morgan fingerprint density at radius 2 is 2.00 bits per heavy atom. The number of hydrogen-bond donors (Lipinski definition) is 1. The van der Waals surface area contributed by atoms with E-state index in [4.69, 9.17) is 5.73 Å². The van der Waals surface area contributed by atoms with Crippen LogP contribution in [-0.2, 0) is 10.0 Å². The Hall–Kier alpha value is -1.74. The number of nitrogens with two attached hydrogens (primary N) is 1. The van der Waals surface area contributed by atoms with Gasteiger partial charge in [-0.1, -0.05) is 0 Å². The van der Waals surface area contributed by atoms with Crippen LogP contribution in [0.3, 0.4) is 0 Å². The van der Waals surface area contributed by atoms with Crippen molar-refractivity contribution in [3.05, 3.63) is 22.4 Å². The van der Waals surface area contributed by atoms with Crippen molar-refractivity contribution in [1.82, 2.24) is 9.29 Å². The molecule has 0 aromatic carbocycles. The zero-order valence-corrected chi connectivity index (χ0v) is 10.3. The number of nitro groups is 1. The molecule has 9 heteroatoms. The molecule has 0 unspecified atom stereocenters. The lowest BCUT2D eigenvalue weighted by atomic mass is 10.4. The Labute approximate surface area is 104 Å². The standard InChI is InChI=1S/C9H12N4O4S/c10-9-8(13(14)15)5-7(6-11-9)18(16,17)12-3-1-2-4-12/h5-6H,1-4H2,(H2,10,11). The van der Waals surface area contributed by atoms with Crippen molar-refractivity contribution in [3.8, 4) is 0 Å². The van der Waals surface area contributed by atoms with Gasteiger partial charge in [-0.15, -0.1) is 0 Å². The molecule has 8 nitrogen and oxygen atoms in total. The van der Waals surface area contributed by atoms with Gasteiger partial charge in [-0.2, -0.15) is 4.31 Å². The molecule has 0 amide bonds. The van der Waals surface area contributed by atoms with Gasteiger partial charge >= 0.3 is 5.69 Å². The smallest absolute Gasteiger partial charge is 0.312 e. The molecule has 0 aliphatic carbocycles. The predicted molar refractivity (Wildman–Crippen MR) is 63.3 cm³/mol. The first-order valence-electron chi connectivity index (χ1n) is 5.33. The quantitative estimate of drug-likeness (QED) is 0.626. The fraction of sp³-hybridized carbons (Fsp3) is 0.444. The SMILES string of the molecule is Nc1ncc(S(=O)(=O)N2CCCC2)cc1[N+](=O)[O-]. The van der Waals surface area contributed by atoms with Gasteiger partial charge in [-0.05, 0) is 12.8 Å². The molecule has 1 fully saturated rings. The molecule has 1 aliphatic heterocycles. The normalized spacial score (nSPS) is 16.9. The summed E-state index contributed by atoms with van der Waals surface area (Å²) < 4.78 is 25.6. The summed E-state index contributed by atoms with van der Waals surface area (Å²) in [6, 6.07) is 0.954. The average Bonchev–Trinajstić information content (AvgIpc) is 2.82. The van der Waals surface area contributed by atoms with E-state index in [2.05, 4.69) is 4.98 Å². The highest BCUT2D eigenvalue weighted by atomic mass is 32.2. The first kappa shape index (κ1) is 12.7. The van der Waals surface area contributed by atoms with Crippen LogP contribution in [0.15, 0.2) is 17.2 Å². The maximum absolute atomic E-state index is 12.1.